The average molecular weight is 401 g/mol. The smallest absolute Gasteiger partial charge is 0.338 e. The van der Waals surface area contributed by atoms with E-state index < -0.39 is 10.9 Å². The van der Waals surface area contributed by atoms with Gasteiger partial charge in [0.25, 0.3) is 5.69 Å². The first kappa shape index (κ1) is 17.2. The first-order chi connectivity index (χ1) is 11.0. The molecule has 0 heterocycles. The standard InChI is InChI=1S/C15H11BrClNO5/c16-11-2-4-12(5-3-11)22-7-8-23-15(19)10-1-6-13(17)14(9-10)18(20)21/h1-6,9H,7-8H2. The fourth-order valence-electron chi connectivity index (χ4n) is 1.69. The summed E-state index contributed by atoms with van der Waals surface area (Å²) in [6, 6.07) is 10.9. The number of ether oxygens (including phenoxy) is 2. The summed E-state index contributed by atoms with van der Waals surface area (Å²) >= 11 is 9.00. The molecule has 23 heavy (non-hydrogen) atoms. The van der Waals surface area contributed by atoms with Crippen molar-refractivity contribution in [2.45, 2.75) is 0 Å². The summed E-state index contributed by atoms with van der Waals surface area (Å²) in [5.41, 5.74) is -0.281. The lowest BCUT2D eigenvalue weighted by Gasteiger charge is -2.07. The molecule has 0 unspecified atom stereocenters. The molecule has 0 radical (unpaired) electrons. The fourth-order valence-corrected chi connectivity index (χ4v) is 2.14. The van der Waals surface area contributed by atoms with Gasteiger partial charge in [0.15, 0.2) is 0 Å². The molecule has 2 rings (SSSR count). The molecule has 0 amide bonds. The molecule has 2 aromatic carbocycles. The van der Waals surface area contributed by atoms with Crippen LogP contribution in [0.2, 0.25) is 5.02 Å². The summed E-state index contributed by atoms with van der Waals surface area (Å²) in [5, 5.41) is 10.7. The van der Waals surface area contributed by atoms with E-state index in [1.165, 1.54) is 12.1 Å². The first-order valence-electron chi connectivity index (χ1n) is 6.47. The van der Waals surface area contributed by atoms with Crippen LogP contribution in [0.25, 0.3) is 0 Å². The van der Waals surface area contributed by atoms with E-state index in [0.29, 0.717) is 5.75 Å². The summed E-state index contributed by atoms with van der Waals surface area (Å²) in [7, 11) is 0. The van der Waals surface area contributed by atoms with Gasteiger partial charge in [0.05, 0.1) is 10.5 Å². The van der Waals surface area contributed by atoms with Gasteiger partial charge in [0.1, 0.15) is 24.0 Å². The zero-order valence-electron chi connectivity index (χ0n) is 11.7. The average Bonchev–Trinajstić information content (AvgIpc) is 2.53. The van der Waals surface area contributed by atoms with E-state index in [-0.39, 0.29) is 29.5 Å². The van der Waals surface area contributed by atoms with Gasteiger partial charge in [-0.2, -0.15) is 0 Å². The number of rotatable bonds is 6. The molecule has 0 fully saturated rings. The van der Waals surface area contributed by atoms with E-state index in [9.17, 15) is 14.9 Å². The molecule has 0 aliphatic rings. The van der Waals surface area contributed by atoms with Gasteiger partial charge in [-0.25, -0.2) is 4.79 Å². The first-order valence-corrected chi connectivity index (χ1v) is 7.64. The number of nitrogens with zero attached hydrogens (tertiary/aromatic N) is 1. The minimum atomic E-state index is -0.677. The van der Waals surface area contributed by atoms with Gasteiger partial charge in [-0.15, -0.1) is 0 Å². The number of carbonyl (C=O) groups is 1. The monoisotopic (exact) mass is 399 g/mol. The zero-order valence-corrected chi connectivity index (χ0v) is 14.0. The van der Waals surface area contributed by atoms with Crippen LogP contribution >= 0.6 is 27.5 Å². The van der Waals surface area contributed by atoms with Crippen molar-refractivity contribution >= 4 is 39.2 Å². The molecule has 0 aromatic heterocycles. The maximum absolute atomic E-state index is 11.8. The molecular weight excluding hydrogens is 390 g/mol. The molecule has 2 aromatic rings. The van der Waals surface area contributed by atoms with Crippen molar-refractivity contribution in [1.29, 1.82) is 0 Å². The number of esters is 1. The van der Waals surface area contributed by atoms with E-state index in [1.807, 2.05) is 12.1 Å². The molecule has 0 spiro atoms. The highest BCUT2D eigenvalue weighted by atomic mass is 79.9. The lowest BCUT2D eigenvalue weighted by Crippen LogP contribution is -2.12. The minimum Gasteiger partial charge on any atom is -0.490 e. The number of nitro benzene ring substituents is 1. The van der Waals surface area contributed by atoms with Crippen molar-refractivity contribution in [1.82, 2.24) is 0 Å². The number of hydrogen-bond acceptors (Lipinski definition) is 5. The Balaban J connectivity index is 1.86. The molecule has 0 atom stereocenters. The van der Waals surface area contributed by atoms with Crippen molar-refractivity contribution in [3.63, 3.8) is 0 Å². The van der Waals surface area contributed by atoms with Gasteiger partial charge in [0.2, 0.25) is 0 Å². The summed E-state index contributed by atoms with van der Waals surface area (Å²) < 4.78 is 11.3. The second-order valence-electron chi connectivity index (χ2n) is 4.36. The van der Waals surface area contributed by atoms with Crippen molar-refractivity contribution < 1.29 is 19.2 Å². The Morgan fingerprint density at radius 1 is 1.17 bits per heavy atom. The van der Waals surface area contributed by atoms with E-state index in [2.05, 4.69) is 15.9 Å². The van der Waals surface area contributed by atoms with Crippen LogP contribution in [0.1, 0.15) is 10.4 Å². The van der Waals surface area contributed by atoms with Crippen LogP contribution in [0.5, 0.6) is 5.75 Å². The quantitative estimate of drug-likeness (QED) is 0.313. The Morgan fingerprint density at radius 2 is 1.87 bits per heavy atom. The molecule has 120 valence electrons. The lowest BCUT2D eigenvalue weighted by molar-refractivity contribution is -0.384. The van der Waals surface area contributed by atoms with Gasteiger partial charge < -0.3 is 9.47 Å². The van der Waals surface area contributed by atoms with Crippen LogP contribution in [-0.2, 0) is 4.74 Å². The molecule has 0 aliphatic carbocycles. The molecule has 0 aliphatic heterocycles. The van der Waals surface area contributed by atoms with Gasteiger partial charge in [0, 0.05) is 10.5 Å². The second kappa shape index (κ2) is 7.94. The Morgan fingerprint density at radius 3 is 2.52 bits per heavy atom. The third-order valence-corrected chi connectivity index (χ3v) is 3.63. The van der Waals surface area contributed by atoms with Crippen molar-refractivity contribution in [3.8, 4) is 5.75 Å². The van der Waals surface area contributed by atoms with E-state index in [0.717, 1.165) is 10.5 Å². The molecular formula is C15H11BrClNO5. The van der Waals surface area contributed by atoms with E-state index in [1.54, 1.807) is 12.1 Å². The van der Waals surface area contributed by atoms with E-state index >= 15 is 0 Å². The molecule has 0 saturated carbocycles. The maximum atomic E-state index is 11.8. The number of benzene rings is 2. The zero-order chi connectivity index (χ0) is 16.8. The summed E-state index contributed by atoms with van der Waals surface area (Å²) in [6.07, 6.45) is 0. The fraction of sp³-hybridized carbons (Fsp3) is 0.133. The predicted octanol–water partition coefficient (Wildman–Crippen LogP) is 4.25. The topological polar surface area (TPSA) is 78.7 Å². The second-order valence-corrected chi connectivity index (χ2v) is 5.68. The van der Waals surface area contributed by atoms with Crippen LogP contribution in [-0.4, -0.2) is 24.1 Å². The van der Waals surface area contributed by atoms with Crippen molar-refractivity contribution in [2.75, 3.05) is 13.2 Å². The highest BCUT2D eigenvalue weighted by Crippen LogP contribution is 2.25. The molecule has 6 nitrogen and oxygen atoms in total. The van der Waals surface area contributed by atoms with Gasteiger partial charge in [-0.3, -0.25) is 10.1 Å². The Kier molecular flexibility index (Phi) is 5.95. The van der Waals surface area contributed by atoms with Gasteiger partial charge in [-0.05, 0) is 36.4 Å². The maximum Gasteiger partial charge on any atom is 0.338 e. The normalized spacial score (nSPS) is 10.2. The van der Waals surface area contributed by atoms with Crippen LogP contribution in [0.15, 0.2) is 46.9 Å². The third kappa shape index (κ3) is 4.94. The number of halogens is 2. The minimum absolute atomic E-state index is 0.0192. The van der Waals surface area contributed by atoms with Crippen LogP contribution in [0.4, 0.5) is 5.69 Å². The predicted molar refractivity (Wildman–Crippen MR) is 88.0 cm³/mol. The van der Waals surface area contributed by atoms with Gasteiger partial charge >= 0.3 is 5.97 Å². The molecule has 0 saturated heterocycles. The third-order valence-electron chi connectivity index (χ3n) is 2.78. The summed E-state index contributed by atoms with van der Waals surface area (Å²) in [6.45, 7) is 0.189. The van der Waals surface area contributed by atoms with Crippen molar-refractivity contribution in [2.24, 2.45) is 0 Å². The number of hydrogen-bond donors (Lipinski definition) is 0. The van der Waals surface area contributed by atoms with E-state index in [4.69, 9.17) is 21.1 Å². The molecule has 8 heteroatoms. The van der Waals surface area contributed by atoms with Crippen molar-refractivity contribution in [3.05, 3.63) is 67.6 Å². The molecule has 0 bridgehead atoms. The van der Waals surface area contributed by atoms with Crippen LogP contribution in [0.3, 0.4) is 0 Å². The highest BCUT2D eigenvalue weighted by Gasteiger charge is 2.17. The Bertz CT molecular complexity index is 720. The Labute approximate surface area is 145 Å². The molecule has 0 N–H and O–H groups in total. The number of carbonyl (C=O) groups excluding carboxylic acids is 1. The lowest BCUT2D eigenvalue weighted by atomic mass is 10.2. The number of nitro groups is 1. The summed E-state index contributed by atoms with van der Waals surface area (Å²) in [4.78, 5) is 22.0. The summed E-state index contributed by atoms with van der Waals surface area (Å²) in [5.74, 6) is -0.0319. The SMILES string of the molecule is O=C(OCCOc1ccc(Br)cc1)c1ccc(Cl)c([N+](=O)[O-])c1. The van der Waals surface area contributed by atoms with Gasteiger partial charge in [-0.1, -0.05) is 27.5 Å². The van der Waals surface area contributed by atoms with Crippen LogP contribution < -0.4 is 4.74 Å². The Hall–Kier alpha value is -2.12. The largest absolute Gasteiger partial charge is 0.490 e. The van der Waals surface area contributed by atoms with Crippen LogP contribution in [0, 0.1) is 10.1 Å². The highest BCUT2D eigenvalue weighted by molar-refractivity contribution is 9.10.